The second-order valence-corrected chi connectivity index (χ2v) is 12.0. The third kappa shape index (κ3) is 7.63. The van der Waals surface area contributed by atoms with Gasteiger partial charge in [-0.05, 0) is 85.8 Å². The van der Waals surface area contributed by atoms with E-state index in [1.165, 1.54) is 14.8 Å². The molecule has 11 nitrogen and oxygen atoms in total. The molecule has 0 spiro atoms. The minimum absolute atomic E-state index is 0.0337. The van der Waals surface area contributed by atoms with Crippen molar-refractivity contribution in [3.8, 4) is 0 Å². The fraction of sp³-hybridized carbons (Fsp3) is 0.517. The van der Waals surface area contributed by atoms with Crippen LogP contribution in [0.4, 0.5) is 42.8 Å². The summed E-state index contributed by atoms with van der Waals surface area (Å²) in [4.78, 5) is 21.0. The number of tetrazole rings is 1. The Morgan fingerprint density at radius 3 is 2.28 bits per heavy atom. The fourth-order valence-electron chi connectivity index (χ4n) is 5.39. The molecule has 3 aromatic rings. The van der Waals surface area contributed by atoms with Gasteiger partial charge in [-0.25, -0.2) is 9.86 Å². The number of benzene rings is 2. The van der Waals surface area contributed by atoms with Gasteiger partial charge in [-0.1, -0.05) is 5.10 Å². The van der Waals surface area contributed by atoms with Crippen LogP contribution in [0.2, 0.25) is 0 Å². The van der Waals surface area contributed by atoms with Crippen LogP contribution in [0.3, 0.4) is 0 Å². The molecule has 0 bridgehead atoms. The number of ether oxygens (including phenoxy) is 2. The SMILES string of the molecule is CC(C)(C)OC(=O)ON1CCC[C@H](N(Cc2cc(C(F)(F)F)cc(C(F)(F)F)c2)c2nnn(CCN)n2)c2cc3c(cc21)COC3. The smallest absolute Gasteiger partial charge is 0.427 e. The molecule has 3 heterocycles. The number of halogens is 6. The number of hydroxylamine groups is 1. The lowest BCUT2D eigenvalue weighted by Crippen LogP contribution is -2.33. The molecular formula is C29H33F6N7O4. The highest BCUT2D eigenvalue weighted by molar-refractivity contribution is 5.66. The van der Waals surface area contributed by atoms with E-state index in [4.69, 9.17) is 20.0 Å². The van der Waals surface area contributed by atoms with E-state index in [1.807, 2.05) is 6.07 Å². The minimum atomic E-state index is -5.03. The second-order valence-electron chi connectivity index (χ2n) is 12.0. The molecule has 1 aromatic heterocycles. The highest BCUT2D eigenvalue weighted by Gasteiger charge is 2.38. The van der Waals surface area contributed by atoms with Gasteiger partial charge in [-0.15, -0.1) is 5.10 Å². The molecule has 0 aliphatic carbocycles. The van der Waals surface area contributed by atoms with Crippen molar-refractivity contribution in [3.63, 3.8) is 0 Å². The third-order valence-electron chi connectivity index (χ3n) is 7.31. The van der Waals surface area contributed by atoms with Gasteiger partial charge in [0.25, 0.3) is 5.95 Å². The summed E-state index contributed by atoms with van der Waals surface area (Å²) in [6.45, 7) is 5.76. The first-order chi connectivity index (χ1) is 21.5. The Labute approximate surface area is 260 Å². The summed E-state index contributed by atoms with van der Waals surface area (Å²) in [6, 6.07) is 4.37. The van der Waals surface area contributed by atoms with E-state index < -0.39 is 47.8 Å². The molecule has 0 unspecified atom stereocenters. The van der Waals surface area contributed by atoms with Crippen LogP contribution in [-0.2, 0) is 53.0 Å². The molecule has 2 aliphatic heterocycles. The Balaban J connectivity index is 1.62. The zero-order valence-corrected chi connectivity index (χ0v) is 25.3. The Morgan fingerprint density at radius 1 is 1.02 bits per heavy atom. The average Bonchev–Trinajstić information content (AvgIpc) is 3.57. The molecule has 0 saturated heterocycles. The van der Waals surface area contributed by atoms with Crippen LogP contribution in [0.15, 0.2) is 30.3 Å². The lowest BCUT2D eigenvalue weighted by Gasteiger charge is -2.32. The van der Waals surface area contributed by atoms with Crippen LogP contribution < -0.4 is 15.7 Å². The van der Waals surface area contributed by atoms with E-state index in [0.29, 0.717) is 42.8 Å². The molecule has 2 aromatic carbocycles. The molecule has 250 valence electrons. The Kier molecular flexibility index (Phi) is 9.10. The number of aromatic nitrogens is 4. The van der Waals surface area contributed by atoms with Crippen molar-refractivity contribution in [2.75, 3.05) is 23.1 Å². The predicted octanol–water partition coefficient (Wildman–Crippen LogP) is 5.91. The highest BCUT2D eigenvalue weighted by Crippen LogP contribution is 2.43. The predicted molar refractivity (Wildman–Crippen MR) is 151 cm³/mol. The lowest BCUT2D eigenvalue weighted by atomic mass is 9.95. The molecule has 5 rings (SSSR count). The summed E-state index contributed by atoms with van der Waals surface area (Å²) < 4.78 is 93.6. The first-order valence-electron chi connectivity index (χ1n) is 14.5. The standard InChI is InChI=1S/C29H33F6N7O4/c1-27(2,3)45-26(43)46-41-7-4-5-23(22-11-18-15-44-16-19(18)12-24(22)41)40(25-37-39-42(38-25)8-6-36)14-17-9-20(28(30,31)32)13-21(10-17)29(33,34)35/h9-13,23H,4-8,14-16,36H2,1-3H3/t23-/m0/s1. The third-order valence-corrected chi connectivity index (χ3v) is 7.31. The minimum Gasteiger partial charge on any atom is -0.427 e. The van der Waals surface area contributed by atoms with Gasteiger partial charge in [0.2, 0.25) is 0 Å². The summed E-state index contributed by atoms with van der Waals surface area (Å²) >= 11 is 0. The van der Waals surface area contributed by atoms with Crippen molar-refractivity contribution in [2.45, 2.75) is 83.9 Å². The normalized spacial score (nSPS) is 16.9. The monoisotopic (exact) mass is 657 g/mol. The second kappa shape index (κ2) is 12.6. The van der Waals surface area contributed by atoms with Crippen molar-refractivity contribution in [1.29, 1.82) is 0 Å². The number of hydrogen-bond donors (Lipinski definition) is 1. The van der Waals surface area contributed by atoms with E-state index >= 15 is 0 Å². The molecule has 17 heteroatoms. The maximum absolute atomic E-state index is 13.8. The molecule has 0 radical (unpaired) electrons. The Hall–Kier alpha value is -4.12. The summed E-state index contributed by atoms with van der Waals surface area (Å²) in [6.07, 6.45) is -10.3. The van der Waals surface area contributed by atoms with Crippen LogP contribution in [0, 0.1) is 0 Å². The van der Waals surface area contributed by atoms with Crippen molar-refractivity contribution in [2.24, 2.45) is 5.73 Å². The van der Waals surface area contributed by atoms with Gasteiger partial charge in [0.1, 0.15) is 5.60 Å². The number of nitrogens with zero attached hydrogens (tertiary/aromatic N) is 6. The van der Waals surface area contributed by atoms with E-state index in [9.17, 15) is 31.1 Å². The number of alkyl halides is 6. The summed E-state index contributed by atoms with van der Waals surface area (Å²) in [5.74, 6) is -0.0337. The number of carbonyl (C=O) groups is 1. The largest absolute Gasteiger partial charge is 0.533 e. The summed E-state index contributed by atoms with van der Waals surface area (Å²) in [5, 5.41) is 13.8. The molecule has 0 saturated carbocycles. The number of carbonyl (C=O) groups excluding carboxylic acids is 1. The van der Waals surface area contributed by atoms with Gasteiger partial charge in [0, 0.05) is 18.7 Å². The zero-order valence-electron chi connectivity index (χ0n) is 25.3. The van der Waals surface area contributed by atoms with Crippen molar-refractivity contribution < 1.29 is 45.4 Å². The van der Waals surface area contributed by atoms with Crippen LogP contribution in [0.1, 0.15) is 73.0 Å². The van der Waals surface area contributed by atoms with Gasteiger partial charge in [0.05, 0.1) is 49.2 Å². The van der Waals surface area contributed by atoms with E-state index in [1.54, 1.807) is 26.8 Å². The molecule has 1 atom stereocenters. The molecule has 0 fully saturated rings. The Bertz CT molecular complexity index is 1540. The molecular weight excluding hydrogens is 624 g/mol. The van der Waals surface area contributed by atoms with Crippen molar-refractivity contribution in [1.82, 2.24) is 20.2 Å². The first-order valence-corrected chi connectivity index (χ1v) is 14.5. The Morgan fingerprint density at radius 2 is 1.67 bits per heavy atom. The maximum atomic E-state index is 13.8. The van der Waals surface area contributed by atoms with E-state index in [2.05, 4.69) is 15.4 Å². The molecule has 2 N–H and O–H groups in total. The quantitative estimate of drug-likeness (QED) is 0.242. The molecule has 0 amide bonds. The van der Waals surface area contributed by atoms with Gasteiger partial charge in [-0.3, -0.25) is 0 Å². The average molecular weight is 658 g/mol. The number of hydrogen-bond acceptors (Lipinski definition) is 10. The van der Waals surface area contributed by atoms with Gasteiger partial charge >= 0.3 is 18.5 Å². The topological polar surface area (TPSA) is 121 Å². The molecule has 2 aliphatic rings. The number of fused-ring (bicyclic) bond motifs is 2. The highest BCUT2D eigenvalue weighted by atomic mass is 19.4. The van der Waals surface area contributed by atoms with Crippen LogP contribution >= 0.6 is 0 Å². The van der Waals surface area contributed by atoms with Crippen molar-refractivity contribution in [3.05, 3.63) is 63.7 Å². The van der Waals surface area contributed by atoms with E-state index in [-0.39, 0.29) is 43.8 Å². The maximum Gasteiger partial charge on any atom is 0.533 e. The van der Waals surface area contributed by atoms with Crippen LogP contribution in [0.5, 0.6) is 0 Å². The lowest BCUT2D eigenvalue weighted by molar-refractivity contribution is -0.143. The van der Waals surface area contributed by atoms with Crippen LogP contribution in [0.25, 0.3) is 0 Å². The summed E-state index contributed by atoms with van der Waals surface area (Å²) in [7, 11) is 0. The number of nitrogens with two attached hydrogens (primary N) is 1. The summed E-state index contributed by atoms with van der Waals surface area (Å²) in [5.41, 5.74) is 4.35. The zero-order chi connectivity index (χ0) is 33.4. The van der Waals surface area contributed by atoms with Gasteiger partial charge in [0.15, 0.2) is 0 Å². The van der Waals surface area contributed by atoms with Crippen LogP contribution in [-0.4, -0.2) is 45.1 Å². The van der Waals surface area contributed by atoms with Crippen molar-refractivity contribution >= 4 is 17.8 Å². The van der Waals surface area contributed by atoms with E-state index in [0.717, 1.165) is 11.1 Å². The van der Waals surface area contributed by atoms with Gasteiger partial charge in [-0.2, -0.15) is 31.1 Å². The van der Waals surface area contributed by atoms with Gasteiger partial charge < -0.3 is 24.9 Å². The fourth-order valence-corrected chi connectivity index (χ4v) is 5.39. The molecule has 46 heavy (non-hydrogen) atoms. The first kappa shape index (κ1) is 33.2. The number of rotatable bonds is 7. The number of anilines is 2.